The Bertz CT molecular complexity index is 352. The highest BCUT2D eigenvalue weighted by atomic mass is 79.9. The number of hydrogen-bond donors (Lipinski definition) is 0. The molecule has 0 spiro atoms. The van der Waals surface area contributed by atoms with Crippen molar-refractivity contribution in [1.29, 1.82) is 0 Å². The first-order chi connectivity index (χ1) is 7.13. The SMILES string of the molecule is CCOC(=O)CCc1cc(Br)ccc1F. The van der Waals surface area contributed by atoms with Crippen LogP contribution in [-0.4, -0.2) is 12.6 Å². The first kappa shape index (κ1) is 12.2. The van der Waals surface area contributed by atoms with Crippen LogP contribution in [-0.2, 0) is 16.0 Å². The summed E-state index contributed by atoms with van der Waals surface area (Å²) in [6.07, 6.45) is 0.575. The van der Waals surface area contributed by atoms with Crippen molar-refractivity contribution in [3.8, 4) is 0 Å². The number of carbonyl (C=O) groups is 1. The lowest BCUT2D eigenvalue weighted by Crippen LogP contribution is -2.05. The van der Waals surface area contributed by atoms with Crippen molar-refractivity contribution >= 4 is 21.9 Å². The van der Waals surface area contributed by atoms with Crippen LogP contribution in [0.15, 0.2) is 22.7 Å². The maximum absolute atomic E-state index is 13.2. The molecular weight excluding hydrogens is 263 g/mol. The second kappa shape index (κ2) is 5.85. The third kappa shape index (κ3) is 4.00. The Labute approximate surface area is 96.6 Å². The van der Waals surface area contributed by atoms with Gasteiger partial charge in [-0.1, -0.05) is 15.9 Å². The molecule has 1 aromatic rings. The minimum atomic E-state index is -0.295. The summed E-state index contributed by atoms with van der Waals surface area (Å²) in [4.78, 5) is 11.1. The molecule has 0 amide bonds. The van der Waals surface area contributed by atoms with Crippen molar-refractivity contribution in [2.75, 3.05) is 6.61 Å². The number of hydrogen-bond acceptors (Lipinski definition) is 2. The molecule has 0 radical (unpaired) electrons. The quantitative estimate of drug-likeness (QED) is 0.789. The maximum Gasteiger partial charge on any atom is 0.306 e. The maximum atomic E-state index is 13.2. The van der Waals surface area contributed by atoms with Crippen LogP contribution in [0, 0.1) is 5.82 Å². The predicted molar refractivity (Wildman–Crippen MR) is 59.1 cm³/mol. The summed E-state index contributed by atoms with van der Waals surface area (Å²) in [5.41, 5.74) is 0.525. The standard InChI is InChI=1S/C11H12BrFO2/c1-2-15-11(14)6-3-8-7-9(12)4-5-10(8)13/h4-5,7H,2-3,6H2,1H3. The van der Waals surface area contributed by atoms with Gasteiger partial charge in [0.25, 0.3) is 0 Å². The molecule has 0 fully saturated rings. The molecule has 0 heterocycles. The lowest BCUT2D eigenvalue weighted by Gasteiger charge is -2.04. The Morgan fingerprint density at radius 2 is 2.27 bits per heavy atom. The molecule has 0 aliphatic heterocycles. The molecule has 1 aromatic carbocycles. The van der Waals surface area contributed by atoms with Crippen LogP contribution < -0.4 is 0 Å². The number of carbonyl (C=O) groups excluding carboxylic acids is 1. The molecule has 82 valence electrons. The van der Waals surface area contributed by atoms with Gasteiger partial charge in [-0.3, -0.25) is 4.79 Å². The molecule has 2 nitrogen and oxygen atoms in total. The Kier molecular flexibility index (Phi) is 4.75. The zero-order valence-electron chi connectivity index (χ0n) is 8.43. The van der Waals surface area contributed by atoms with Gasteiger partial charge in [-0.05, 0) is 37.1 Å². The summed E-state index contributed by atoms with van der Waals surface area (Å²) in [5, 5.41) is 0. The van der Waals surface area contributed by atoms with E-state index in [0.717, 1.165) is 4.47 Å². The molecule has 0 bridgehead atoms. The summed E-state index contributed by atoms with van der Waals surface area (Å²) in [7, 11) is 0. The highest BCUT2D eigenvalue weighted by Crippen LogP contribution is 2.16. The lowest BCUT2D eigenvalue weighted by molar-refractivity contribution is -0.143. The molecule has 15 heavy (non-hydrogen) atoms. The van der Waals surface area contributed by atoms with Gasteiger partial charge in [0.1, 0.15) is 5.82 Å². The molecule has 0 aliphatic rings. The molecule has 0 saturated heterocycles. The van der Waals surface area contributed by atoms with Crippen LogP contribution in [0.1, 0.15) is 18.9 Å². The fourth-order valence-electron chi connectivity index (χ4n) is 1.20. The zero-order chi connectivity index (χ0) is 11.3. The van der Waals surface area contributed by atoms with Gasteiger partial charge in [-0.25, -0.2) is 4.39 Å². The van der Waals surface area contributed by atoms with Gasteiger partial charge in [0.2, 0.25) is 0 Å². The van der Waals surface area contributed by atoms with E-state index in [1.807, 2.05) is 0 Å². The largest absolute Gasteiger partial charge is 0.466 e. The topological polar surface area (TPSA) is 26.3 Å². The molecule has 4 heteroatoms. The van der Waals surface area contributed by atoms with E-state index in [0.29, 0.717) is 18.6 Å². The van der Waals surface area contributed by atoms with Crippen molar-refractivity contribution in [3.05, 3.63) is 34.1 Å². The summed E-state index contributed by atoms with van der Waals surface area (Å²) in [5.74, 6) is -0.584. The van der Waals surface area contributed by atoms with E-state index >= 15 is 0 Å². The first-order valence-corrected chi connectivity index (χ1v) is 5.52. The van der Waals surface area contributed by atoms with E-state index in [2.05, 4.69) is 15.9 Å². The highest BCUT2D eigenvalue weighted by molar-refractivity contribution is 9.10. The van der Waals surface area contributed by atoms with Crippen molar-refractivity contribution in [1.82, 2.24) is 0 Å². The van der Waals surface area contributed by atoms with Gasteiger partial charge in [-0.15, -0.1) is 0 Å². The summed E-state index contributed by atoms with van der Waals surface area (Å²) < 4.78 is 18.8. The summed E-state index contributed by atoms with van der Waals surface area (Å²) >= 11 is 3.25. The summed E-state index contributed by atoms with van der Waals surface area (Å²) in [6, 6.07) is 4.68. The summed E-state index contributed by atoms with van der Waals surface area (Å²) in [6.45, 7) is 2.11. The van der Waals surface area contributed by atoms with Crippen molar-refractivity contribution in [2.24, 2.45) is 0 Å². The second-order valence-electron chi connectivity index (χ2n) is 3.04. The third-order valence-corrected chi connectivity index (χ3v) is 2.40. The average molecular weight is 275 g/mol. The van der Waals surface area contributed by atoms with Gasteiger partial charge < -0.3 is 4.74 Å². The van der Waals surface area contributed by atoms with Crippen molar-refractivity contribution in [2.45, 2.75) is 19.8 Å². The van der Waals surface area contributed by atoms with Crippen molar-refractivity contribution in [3.63, 3.8) is 0 Å². The van der Waals surface area contributed by atoms with Crippen LogP contribution in [0.4, 0.5) is 4.39 Å². The molecular formula is C11H12BrFO2. The van der Waals surface area contributed by atoms with E-state index in [4.69, 9.17) is 4.74 Å². The van der Waals surface area contributed by atoms with Crippen LogP contribution in [0.5, 0.6) is 0 Å². The number of ether oxygens (including phenoxy) is 1. The van der Waals surface area contributed by atoms with Crippen LogP contribution in [0.2, 0.25) is 0 Å². The van der Waals surface area contributed by atoms with Crippen molar-refractivity contribution < 1.29 is 13.9 Å². The number of halogens is 2. The molecule has 0 N–H and O–H groups in total. The lowest BCUT2D eigenvalue weighted by atomic mass is 10.1. The van der Waals surface area contributed by atoms with E-state index in [1.54, 1.807) is 19.1 Å². The van der Waals surface area contributed by atoms with E-state index in [1.165, 1.54) is 6.07 Å². The fraction of sp³-hybridized carbons (Fsp3) is 0.364. The molecule has 0 saturated carbocycles. The Morgan fingerprint density at radius 3 is 2.93 bits per heavy atom. The van der Waals surface area contributed by atoms with Gasteiger partial charge in [0.15, 0.2) is 0 Å². The Balaban J connectivity index is 2.57. The van der Waals surface area contributed by atoms with Gasteiger partial charge in [-0.2, -0.15) is 0 Å². The normalized spacial score (nSPS) is 10.1. The number of benzene rings is 1. The fourth-order valence-corrected chi connectivity index (χ4v) is 1.61. The van der Waals surface area contributed by atoms with Crippen LogP contribution in [0.25, 0.3) is 0 Å². The zero-order valence-corrected chi connectivity index (χ0v) is 10.0. The van der Waals surface area contributed by atoms with Crippen LogP contribution in [0.3, 0.4) is 0 Å². The highest BCUT2D eigenvalue weighted by Gasteiger charge is 2.06. The van der Waals surface area contributed by atoms with E-state index in [-0.39, 0.29) is 18.2 Å². The monoisotopic (exact) mass is 274 g/mol. The number of esters is 1. The first-order valence-electron chi connectivity index (χ1n) is 4.73. The van der Waals surface area contributed by atoms with Crippen LogP contribution >= 0.6 is 15.9 Å². The average Bonchev–Trinajstić information content (AvgIpc) is 2.20. The second-order valence-corrected chi connectivity index (χ2v) is 3.96. The number of rotatable bonds is 4. The van der Waals surface area contributed by atoms with Gasteiger partial charge in [0, 0.05) is 10.9 Å². The minimum Gasteiger partial charge on any atom is -0.466 e. The predicted octanol–water partition coefficient (Wildman–Crippen LogP) is 3.08. The molecule has 0 aliphatic carbocycles. The minimum absolute atomic E-state index is 0.210. The number of aryl methyl sites for hydroxylation is 1. The Morgan fingerprint density at radius 1 is 1.53 bits per heavy atom. The van der Waals surface area contributed by atoms with Gasteiger partial charge >= 0.3 is 5.97 Å². The van der Waals surface area contributed by atoms with E-state index < -0.39 is 0 Å². The molecule has 0 unspecified atom stereocenters. The smallest absolute Gasteiger partial charge is 0.306 e. The third-order valence-electron chi connectivity index (χ3n) is 1.91. The molecule has 0 atom stereocenters. The molecule has 1 rings (SSSR count). The van der Waals surface area contributed by atoms with E-state index in [9.17, 15) is 9.18 Å². The van der Waals surface area contributed by atoms with Gasteiger partial charge in [0.05, 0.1) is 6.61 Å². The molecule has 0 aromatic heterocycles. The Hall–Kier alpha value is -0.900.